The van der Waals surface area contributed by atoms with Gasteiger partial charge in [-0.15, -0.1) is 0 Å². The maximum absolute atomic E-state index is 13.5. The molecule has 22 heavy (non-hydrogen) atoms. The lowest BCUT2D eigenvalue weighted by Crippen LogP contribution is -1.95. The zero-order valence-electron chi connectivity index (χ0n) is 13.2. The molecule has 2 nitrogen and oxygen atoms in total. The van der Waals surface area contributed by atoms with E-state index in [-0.39, 0.29) is 5.82 Å². The first-order valence-corrected chi connectivity index (χ1v) is 8.35. The van der Waals surface area contributed by atoms with Crippen molar-refractivity contribution in [3.63, 3.8) is 0 Å². The Bertz CT molecular complexity index is 761. The molecule has 1 aromatic carbocycles. The SMILES string of the molecule is CCCCCCCCc1nc2cc(F)ccc2c2cc[nH]c12. The summed E-state index contributed by atoms with van der Waals surface area (Å²) >= 11 is 0. The van der Waals surface area contributed by atoms with Crippen molar-refractivity contribution in [2.75, 3.05) is 0 Å². The Morgan fingerprint density at radius 3 is 2.68 bits per heavy atom. The summed E-state index contributed by atoms with van der Waals surface area (Å²) in [6.45, 7) is 2.24. The fraction of sp³-hybridized carbons (Fsp3) is 0.421. The van der Waals surface area contributed by atoms with Gasteiger partial charge in [-0.05, 0) is 31.0 Å². The van der Waals surface area contributed by atoms with E-state index in [9.17, 15) is 4.39 Å². The van der Waals surface area contributed by atoms with Crippen molar-refractivity contribution >= 4 is 21.8 Å². The lowest BCUT2D eigenvalue weighted by molar-refractivity contribution is 0.605. The Labute approximate surface area is 130 Å². The third-order valence-corrected chi connectivity index (χ3v) is 4.31. The molecular formula is C19H23FN2. The molecule has 0 aliphatic rings. The Morgan fingerprint density at radius 2 is 1.82 bits per heavy atom. The molecule has 0 amide bonds. The highest BCUT2D eigenvalue weighted by Crippen LogP contribution is 2.27. The summed E-state index contributed by atoms with van der Waals surface area (Å²) in [5.74, 6) is -0.222. The van der Waals surface area contributed by atoms with Crippen LogP contribution in [0.2, 0.25) is 0 Å². The Balaban J connectivity index is 1.80. The molecule has 2 aromatic heterocycles. The number of nitrogens with one attached hydrogen (secondary N) is 1. The number of benzene rings is 1. The van der Waals surface area contributed by atoms with Gasteiger partial charge in [-0.1, -0.05) is 39.0 Å². The van der Waals surface area contributed by atoms with Gasteiger partial charge in [0.15, 0.2) is 0 Å². The molecule has 0 aliphatic carbocycles. The van der Waals surface area contributed by atoms with Crippen molar-refractivity contribution in [2.45, 2.75) is 51.9 Å². The van der Waals surface area contributed by atoms with Gasteiger partial charge < -0.3 is 4.98 Å². The van der Waals surface area contributed by atoms with Crippen molar-refractivity contribution in [2.24, 2.45) is 0 Å². The lowest BCUT2D eigenvalue weighted by Gasteiger charge is -2.07. The van der Waals surface area contributed by atoms with Crippen molar-refractivity contribution in [1.29, 1.82) is 0 Å². The average molecular weight is 298 g/mol. The summed E-state index contributed by atoms with van der Waals surface area (Å²) in [6.07, 6.45) is 10.5. The number of halogens is 1. The van der Waals surface area contributed by atoms with Crippen LogP contribution in [-0.2, 0) is 6.42 Å². The quantitative estimate of drug-likeness (QED) is 0.552. The topological polar surface area (TPSA) is 28.7 Å². The molecule has 0 saturated carbocycles. The number of hydrogen-bond donors (Lipinski definition) is 1. The maximum Gasteiger partial charge on any atom is 0.125 e. The van der Waals surface area contributed by atoms with Crippen molar-refractivity contribution < 1.29 is 4.39 Å². The molecule has 3 aromatic rings. The molecule has 0 saturated heterocycles. The zero-order valence-corrected chi connectivity index (χ0v) is 13.2. The molecule has 0 spiro atoms. The van der Waals surface area contributed by atoms with Crippen LogP contribution in [0.25, 0.3) is 21.8 Å². The maximum atomic E-state index is 13.5. The van der Waals surface area contributed by atoms with Crippen LogP contribution in [0.4, 0.5) is 4.39 Å². The minimum Gasteiger partial charge on any atom is -0.360 e. The number of hydrogen-bond acceptors (Lipinski definition) is 1. The van der Waals surface area contributed by atoms with Crippen LogP contribution in [-0.4, -0.2) is 9.97 Å². The van der Waals surface area contributed by atoms with Crippen molar-refractivity contribution in [3.05, 3.63) is 42.0 Å². The molecule has 0 aliphatic heterocycles. The molecule has 0 unspecified atom stereocenters. The van der Waals surface area contributed by atoms with Crippen LogP contribution < -0.4 is 0 Å². The molecule has 0 fully saturated rings. The third kappa shape index (κ3) is 3.13. The summed E-state index contributed by atoms with van der Waals surface area (Å²) in [7, 11) is 0. The second-order valence-corrected chi connectivity index (χ2v) is 6.00. The normalized spacial score (nSPS) is 11.5. The van der Waals surface area contributed by atoms with Gasteiger partial charge >= 0.3 is 0 Å². The number of fused-ring (bicyclic) bond motifs is 3. The summed E-state index contributed by atoms with van der Waals surface area (Å²) < 4.78 is 13.5. The van der Waals surface area contributed by atoms with Gasteiger partial charge in [-0.2, -0.15) is 0 Å². The van der Waals surface area contributed by atoms with Crippen LogP contribution in [0, 0.1) is 5.82 Å². The minimum absolute atomic E-state index is 0.222. The van der Waals surface area contributed by atoms with Gasteiger partial charge in [0.2, 0.25) is 0 Å². The average Bonchev–Trinajstić information content (AvgIpc) is 3.00. The molecule has 0 atom stereocenters. The molecule has 3 heteroatoms. The smallest absolute Gasteiger partial charge is 0.125 e. The fourth-order valence-corrected chi connectivity index (χ4v) is 3.11. The minimum atomic E-state index is -0.222. The Kier molecular flexibility index (Phi) is 4.71. The Morgan fingerprint density at radius 1 is 1.00 bits per heavy atom. The van der Waals surface area contributed by atoms with Gasteiger partial charge in [0.1, 0.15) is 5.82 Å². The molecule has 2 heterocycles. The van der Waals surface area contributed by atoms with Gasteiger partial charge in [0.25, 0.3) is 0 Å². The second kappa shape index (κ2) is 6.91. The van der Waals surface area contributed by atoms with Gasteiger partial charge in [-0.3, -0.25) is 4.98 Å². The van der Waals surface area contributed by atoms with Crippen LogP contribution in [0.1, 0.15) is 51.1 Å². The van der Waals surface area contributed by atoms with Crippen LogP contribution in [0.15, 0.2) is 30.5 Å². The third-order valence-electron chi connectivity index (χ3n) is 4.31. The highest BCUT2D eigenvalue weighted by molar-refractivity contribution is 6.05. The Hall–Kier alpha value is -1.90. The van der Waals surface area contributed by atoms with E-state index in [0.29, 0.717) is 0 Å². The molecule has 116 valence electrons. The number of H-pyrrole nitrogens is 1. The number of rotatable bonds is 7. The van der Waals surface area contributed by atoms with E-state index in [1.54, 1.807) is 0 Å². The van der Waals surface area contributed by atoms with Crippen LogP contribution in [0.5, 0.6) is 0 Å². The van der Waals surface area contributed by atoms with E-state index >= 15 is 0 Å². The van der Waals surface area contributed by atoms with E-state index in [1.165, 1.54) is 44.2 Å². The molecular weight excluding hydrogens is 275 g/mol. The highest BCUT2D eigenvalue weighted by atomic mass is 19.1. The molecule has 3 rings (SSSR count). The summed E-state index contributed by atoms with van der Waals surface area (Å²) in [5, 5.41) is 2.16. The van der Waals surface area contributed by atoms with Crippen molar-refractivity contribution in [1.82, 2.24) is 9.97 Å². The summed E-state index contributed by atoms with van der Waals surface area (Å²) in [6, 6.07) is 6.92. The van der Waals surface area contributed by atoms with E-state index in [4.69, 9.17) is 4.98 Å². The van der Waals surface area contributed by atoms with E-state index in [0.717, 1.165) is 40.3 Å². The number of pyridine rings is 1. The van der Waals surface area contributed by atoms with E-state index in [2.05, 4.69) is 18.0 Å². The molecule has 0 radical (unpaired) electrons. The first kappa shape index (κ1) is 15.0. The van der Waals surface area contributed by atoms with Gasteiger partial charge in [-0.25, -0.2) is 4.39 Å². The number of aromatic nitrogens is 2. The summed E-state index contributed by atoms with van der Waals surface area (Å²) in [4.78, 5) is 8.00. The number of nitrogens with zero attached hydrogens (tertiary/aromatic N) is 1. The van der Waals surface area contributed by atoms with E-state index < -0.39 is 0 Å². The monoisotopic (exact) mass is 298 g/mol. The first-order valence-electron chi connectivity index (χ1n) is 8.35. The highest BCUT2D eigenvalue weighted by Gasteiger charge is 2.09. The zero-order chi connectivity index (χ0) is 15.4. The van der Waals surface area contributed by atoms with Gasteiger partial charge in [0, 0.05) is 23.0 Å². The number of unbranched alkanes of at least 4 members (excludes halogenated alkanes) is 5. The fourth-order valence-electron chi connectivity index (χ4n) is 3.11. The summed E-state index contributed by atoms with van der Waals surface area (Å²) in [5.41, 5.74) is 2.93. The van der Waals surface area contributed by atoms with Crippen LogP contribution in [0.3, 0.4) is 0 Å². The predicted octanol–water partition coefficient (Wildman–Crippen LogP) is 5.76. The first-order chi connectivity index (χ1) is 10.8. The standard InChI is InChI=1S/C19H23FN2/c1-2-3-4-5-6-7-8-17-19-16(11-12-21-19)15-10-9-14(20)13-18(15)22-17/h9-13,21H,2-8H2,1H3. The molecule has 1 N–H and O–H groups in total. The number of aromatic amines is 1. The lowest BCUT2D eigenvalue weighted by atomic mass is 10.0. The molecule has 0 bridgehead atoms. The predicted molar refractivity (Wildman–Crippen MR) is 90.6 cm³/mol. The van der Waals surface area contributed by atoms with Crippen molar-refractivity contribution in [3.8, 4) is 0 Å². The van der Waals surface area contributed by atoms with Gasteiger partial charge in [0.05, 0.1) is 16.7 Å². The second-order valence-electron chi connectivity index (χ2n) is 6.00. The largest absolute Gasteiger partial charge is 0.360 e. The van der Waals surface area contributed by atoms with E-state index in [1.807, 2.05) is 12.3 Å². The number of aryl methyl sites for hydroxylation is 1. The van der Waals surface area contributed by atoms with Crippen LogP contribution >= 0.6 is 0 Å².